The third kappa shape index (κ3) is 4.96. The minimum absolute atomic E-state index is 0.0258. The normalized spacial score (nSPS) is 15.1. The van der Waals surface area contributed by atoms with Crippen LogP contribution in [0.2, 0.25) is 0 Å². The van der Waals surface area contributed by atoms with Crippen molar-refractivity contribution in [3.8, 4) is 11.5 Å². The number of hydrogen-bond acceptors (Lipinski definition) is 6. The number of nitrogens with zero attached hydrogens (tertiary/aromatic N) is 3. The molecule has 0 spiro atoms. The van der Waals surface area contributed by atoms with E-state index in [4.69, 9.17) is 9.47 Å². The second-order valence-electron chi connectivity index (χ2n) is 7.71. The predicted octanol–water partition coefficient (Wildman–Crippen LogP) is 4.29. The summed E-state index contributed by atoms with van der Waals surface area (Å²) in [6.07, 6.45) is 6.32. The Morgan fingerprint density at radius 2 is 1.94 bits per heavy atom. The number of fused-ring (bicyclic) bond motifs is 1. The fourth-order valence-electron chi connectivity index (χ4n) is 3.48. The molecule has 0 radical (unpaired) electrons. The van der Waals surface area contributed by atoms with E-state index in [1.807, 2.05) is 60.7 Å². The van der Waals surface area contributed by atoms with Gasteiger partial charge in [-0.25, -0.2) is 4.98 Å². The van der Waals surface area contributed by atoms with Gasteiger partial charge in [0.25, 0.3) is 0 Å². The van der Waals surface area contributed by atoms with E-state index in [9.17, 15) is 4.79 Å². The van der Waals surface area contributed by atoms with E-state index in [0.29, 0.717) is 42.3 Å². The van der Waals surface area contributed by atoms with Crippen molar-refractivity contribution >= 4 is 29.4 Å². The molecule has 5 rings (SSSR count). The monoisotopic (exact) mass is 448 g/mol. The van der Waals surface area contributed by atoms with E-state index in [0.717, 1.165) is 29.9 Å². The number of amides is 1. The number of ether oxygens (including phenoxy) is 2. The molecule has 1 fully saturated rings. The van der Waals surface area contributed by atoms with Crippen molar-refractivity contribution in [1.29, 1.82) is 0 Å². The number of carbonyl (C=O) groups is 1. The van der Waals surface area contributed by atoms with Crippen LogP contribution < -0.4 is 14.4 Å². The lowest BCUT2D eigenvalue weighted by Crippen LogP contribution is -2.32. The highest BCUT2D eigenvalue weighted by molar-refractivity contribution is 7.99. The first-order valence-corrected chi connectivity index (χ1v) is 11.7. The van der Waals surface area contributed by atoms with Crippen LogP contribution in [0.25, 0.3) is 6.08 Å². The molecule has 32 heavy (non-hydrogen) atoms. The van der Waals surface area contributed by atoms with Crippen LogP contribution in [0.3, 0.4) is 0 Å². The number of aromatic amines is 1. The third-order valence-electron chi connectivity index (χ3n) is 5.31. The second-order valence-corrected chi connectivity index (χ2v) is 8.65. The Morgan fingerprint density at radius 3 is 2.75 bits per heavy atom. The van der Waals surface area contributed by atoms with Crippen LogP contribution in [-0.2, 0) is 4.79 Å². The van der Waals surface area contributed by atoms with Crippen molar-refractivity contribution in [2.45, 2.75) is 23.9 Å². The van der Waals surface area contributed by atoms with Gasteiger partial charge >= 0.3 is 0 Å². The molecule has 1 aromatic heterocycles. The van der Waals surface area contributed by atoms with Gasteiger partial charge in [0.15, 0.2) is 11.5 Å². The van der Waals surface area contributed by atoms with E-state index in [1.54, 1.807) is 4.90 Å². The summed E-state index contributed by atoms with van der Waals surface area (Å²) in [7, 11) is 0. The highest BCUT2D eigenvalue weighted by Gasteiger charge is 2.27. The Bertz CT molecular complexity index is 1110. The van der Waals surface area contributed by atoms with Gasteiger partial charge in [-0.15, -0.1) is 5.10 Å². The zero-order chi connectivity index (χ0) is 21.8. The Labute approximate surface area is 190 Å². The number of nitrogens with one attached hydrogen (secondary N) is 1. The zero-order valence-electron chi connectivity index (χ0n) is 17.6. The van der Waals surface area contributed by atoms with Gasteiger partial charge in [0.1, 0.15) is 19.0 Å². The molecule has 0 bridgehead atoms. The molecule has 8 heteroatoms. The van der Waals surface area contributed by atoms with Crippen LogP contribution in [0, 0.1) is 0 Å². The van der Waals surface area contributed by atoms with Crippen LogP contribution in [0.1, 0.15) is 30.1 Å². The zero-order valence-corrected chi connectivity index (χ0v) is 18.4. The smallest absolute Gasteiger partial charge is 0.237 e. The molecule has 1 saturated carbocycles. The number of rotatable bonds is 8. The van der Waals surface area contributed by atoms with Crippen molar-refractivity contribution in [3.05, 3.63) is 66.0 Å². The van der Waals surface area contributed by atoms with Gasteiger partial charge in [-0.05, 0) is 30.5 Å². The number of thioether (sulfide) groups is 1. The fraction of sp³-hybridized carbons (Fsp3) is 0.292. The first-order valence-electron chi connectivity index (χ1n) is 10.7. The Kier molecular flexibility index (Phi) is 6.11. The highest BCUT2D eigenvalue weighted by Crippen LogP contribution is 2.38. The van der Waals surface area contributed by atoms with Crippen molar-refractivity contribution in [2.75, 3.05) is 30.4 Å². The fourth-order valence-corrected chi connectivity index (χ4v) is 4.16. The molecular weight excluding hydrogens is 424 g/mol. The molecule has 2 aromatic carbocycles. The van der Waals surface area contributed by atoms with Gasteiger partial charge in [-0.2, -0.15) is 0 Å². The van der Waals surface area contributed by atoms with Gasteiger partial charge in [0.05, 0.1) is 5.75 Å². The molecule has 2 heterocycles. The average Bonchev–Trinajstić information content (AvgIpc) is 3.58. The highest BCUT2D eigenvalue weighted by atomic mass is 32.2. The lowest BCUT2D eigenvalue weighted by atomic mass is 10.2. The van der Waals surface area contributed by atoms with Crippen molar-refractivity contribution in [2.24, 2.45) is 0 Å². The van der Waals surface area contributed by atoms with Crippen LogP contribution in [0.4, 0.5) is 5.69 Å². The third-order valence-corrected chi connectivity index (χ3v) is 6.14. The standard InChI is InChI=1S/C24H24N4O3S/c29-22(16-32-24-25-23(26-27-24)18-8-9-18)28(12-4-7-17-5-2-1-3-6-17)19-10-11-20-21(15-19)31-14-13-30-20/h1-7,10-11,15,18H,8-9,12-14,16H2,(H,25,26,27). The summed E-state index contributed by atoms with van der Waals surface area (Å²) in [6, 6.07) is 15.6. The van der Waals surface area contributed by atoms with E-state index in [-0.39, 0.29) is 11.7 Å². The largest absolute Gasteiger partial charge is 0.486 e. The molecule has 2 aliphatic rings. The lowest BCUT2D eigenvalue weighted by molar-refractivity contribution is -0.116. The Balaban J connectivity index is 1.31. The molecule has 1 aliphatic heterocycles. The summed E-state index contributed by atoms with van der Waals surface area (Å²) in [5.74, 6) is 3.01. The van der Waals surface area contributed by atoms with Gasteiger partial charge in [-0.3, -0.25) is 9.89 Å². The molecule has 3 aromatic rings. The minimum Gasteiger partial charge on any atom is -0.486 e. The Hall–Kier alpha value is -3.26. The van der Waals surface area contributed by atoms with E-state index >= 15 is 0 Å². The number of benzene rings is 2. The first-order chi connectivity index (χ1) is 15.8. The number of H-pyrrole nitrogens is 1. The number of carbonyl (C=O) groups excluding carboxylic acids is 1. The molecule has 7 nitrogen and oxygen atoms in total. The quantitative estimate of drug-likeness (QED) is 0.518. The summed E-state index contributed by atoms with van der Waals surface area (Å²) in [6.45, 7) is 1.47. The Morgan fingerprint density at radius 1 is 1.12 bits per heavy atom. The van der Waals surface area contributed by atoms with Gasteiger partial charge in [-0.1, -0.05) is 54.2 Å². The van der Waals surface area contributed by atoms with Crippen LogP contribution in [0.5, 0.6) is 11.5 Å². The van der Waals surface area contributed by atoms with Gasteiger partial charge < -0.3 is 14.4 Å². The number of aromatic nitrogens is 3. The molecule has 1 amide bonds. The van der Waals surface area contributed by atoms with E-state index in [1.165, 1.54) is 11.8 Å². The summed E-state index contributed by atoms with van der Waals surface area (Å²) in [4.78, 5) is 19.5. The molecule has 0 atom stereocenters. The number of hydrogen-bond donors (Lipinski definition) is 1. The first kappa shape index (κ1) is 20.6. The average molecular weight is 449 g/mol. The van der Waals surface area contributed by atoms with Crippen molar-refractivity contribution < 1.29 is 14.3 Å². The van der Waals surface area contributed by atoms with E-state index in [2.05, 4.69) is 15.2 Å². The van der Waals surface area contributed by atoms with Gasteiger partial charge in [0.2, 0.25) is 11.1 Å². The lowest BCUT2D eigenvalue weighted by Gasteiger charge is -2.24. The maximum Gasteiger partial charge on any atom is 0.237 e. The molecule has 0 saturated heterocycles. The van der Waals surface area contributed by atoms with E-state index < -0.39 is 0 Å². The van der Waals surface area contributed by atoms with Crippen LogP contribution in [-0.4, -0.2) is 46.6 Å². The molecule has 1 aliphatic carbocycles. The molecule has 164 valence electrons. The summed E-state index contributed by atoms with van der Waals surface area (Å²) < 4.78 is 11.3. The predicted molar refractivity (Wildman–Crippen MR) is 124 cm³/mol. The van der Waals surface area contributed by atoms with Crippen LogP contribution in [0.15, 0.2) is 59.8 Å². The molecular formula is C24H24N4O3S. The minimum atomic E-state index is -0.0258. The topological polar surface area (TPSA) is 80.3 Å². The van der Waals surface area contributed by atoms with Crippen molar-refractivity contribution in [3.63, 3.8) is 0 Å². The van der Waals surface area contributed by atoms with Crippen LogP contribution >= 0.6 is 11.8 Å². The summed E-state index contributed by atoms with van der Waals surface area (Å²) in [5, 5.41) is 7.85. The second kappa shape index (κ2) is 9.48. The maximum absolute atomic E-state index is 13.2. The summed E-state index contributed by atoms with van der Waals surface area (Å²) >= 11 is 1.35. The summed E-state index contributed by atoms with van der Waals surface area (Å²) in [5.41, 5.74) is 1.86. The molecule has 1 N–H and O–H groups in total. The van der Waals surface area contributed by atoms with Crippen molar-refractivity contribution in [1.82, 2.24) is 15.2 Å². The molecule has 0 unspecified atom stereocenters. The maximum atomic E-state index is 13.2. The number of anilines is 1. The SMILES string of the molecule is O=C(CSc1n[nH]c(C2CC2)n1)N(CC=Cc1ccccc1)c1ccc2c(c1)OCCO2. The van der Waals surface area contributed by atoms with Gasteiger partial charge in [0, 0.05) is 24.2 Å².